The minimum absolute atomic E-state index is 0.0839. The van der Waals surface area contributed by atoms with Gasteiger partial charge in [-0.25, -0.2) is 12.8 Å². The third-order valence-corrected chi connectivity index (χ3v) is 3.60. The fourth-order valence-electron chi connectivity index (χ4n) is 1.24. The number of hydrogen-bond donors (Lipinski definition) is 0. The number of rotatable bonds is 5. The molecule has 0 fully saturated rings. The summed E-state index contributed by atoms with van der Waals surface area (Å²) in [6.45, 7) is 5.21. The molecule has 1 rings (SSSR count). The van der Waals surface area contributed by atoms with Crippen molar-refractivity contribution in [1.82, 2.24) is 0 Å². The second-order valence-corrected chi connectivity index (χ2v) is 5.56. The van der Waals surface area contributed by atoms with E-state index in [-0.39, 0.29) is 5.56 Å². The Morgan fingerprint density at radius 3 is 2.56 bits per heavy atom. The van der Waals surface area contributed by atoms with E-state index in [0.29, 0.717) is 6.29 Å². The summed E-state index contributed by atoms with van der Waals surface area (Å²) in [7, 11) is -3.56. The first kappa shape index (κ1) is 12.8. The van der Waals surface area contributed by atoms with Crippen LogP contribution in [0.25, 0.3) is 0 Å². The van der Waals surface area contributed by atoms with E-state index in [9.17, 15) is 17.6 Å². The molecular formula is C11H11FO3S. The van der Waals surface area contributed by atoms with Crippen molar-refractivity contribution < 1.29 is 17.6 Å². The highest BCUT2D eigenvalue weighted by Gasteiger charge is 2.17. The first-order chi connectivity index (χ1) is 7.44. The molecule has 0 saturated carbocycles. The van der Waals surface area contributed by atoms with Crippen LogP contribution in [0, 0.1) is 18.7 Å². The van der Waals surface area contributed by atoms with Gasteiger partial charge in [0.05, 0.1) is 11.5 Å². The molecule has 86 valence electrons. The van der Waals surface area contributed by atoms with Gasteiger partial charge in [0.15, 0.2) is 9.84 Å². The largest absolute Gasteiger partial charge is 0.303 e. The summed E-state index contributed by atoms with van der Waals surface area (Å²) in [5, 5.41) is 0. The molecule has 1 atom stereocenters. The summed E-state index contributed by atoms with van der Waals surface area (Å²) in [6, 6.07) is 5.60. The standard InChI is InChI=1S/C11H11FO3S/c1-9(6-13)7-16(14,15)8-10-4-2-3-5-11(10)12/h1-6,9H,7-8H2/t9-/m1/s1. The zero-order valence-corrected chi connectivity index (χ0v) is 9.28. The van der Waals surface area contributed by atoms with Crippen LogP contribution in [0.4, 0.5) is 4.39 Å². The number of sulfone groups is 1. The molecule has 0 aliphatic carbocycles. The van der Waals surface area contributed by atoms with Crippen molar-refractivity contribution in [3.8, 4) is 0 Å². The van der Waals surface area contributed by atoms with Crippen molar-refractivity contribution >= 4 is 16.1 Å². The van der Waals surface area contributed by atoms with Crippen LogP contribution in [0.3, 0.4) is 0 Å². The van der Waals surface area contributed by atoms with Crippen molar-refractivity contribution in [2.45, 2.75) is 5.75 Å². The minimum atomic E-state index is -3.56. The van der Waals surface area contributed by atoms with Gasteiger partial charge in [0, 0.05) is 11.5 Å². The lowest BCUT2D eigenvalue weighted by Gasteiger charge is -2.06. The summed E-state index contributed by atoms with van der Waals surface area (Å²) in [5.74, 6) is -2.55. The van der Waals surface area contributed by atoms with E-state index in [4.69, 9.17) is 6.92 Å². The molecule has 5 heteroatoms. The van der Waals surface area contributed by atoms with Crippen molar-refractivity contribution in [2.75, 3.05) is 5.75 Å². The van der Waals surface area contributed by atoms with Crippen molar-refractivity contribution in [3.05, 3.63) is 42.6 Å². The molecule has 0 bridgehead atoms. The Morgan fingerprint density at radius 1 is 1.38 bits per heavy atom. The molecule has 0 aliphatic rings. The van der Waals surface area contributed by atoms with Crippen molar-refractivity contribution in [3.63, 3.8) is 0 Å². The number of benzene rings is 1. The number of carbonyl (C=O) groups excluding carboxylic acids is 1. The van der Waals surface area contributed by atoms with Gasteiger partial charge >= 0.3 is 0 Å². The Labute approximate surface area is 94.2 Å². The zero-order valence-electron chi connectivity index (χ0n) is 8.47. The molecule has 0 saturated heterocycles. The molecule has 2 radical (unpaired) electrons. The van der Waals surface area contributed by atoms with E-state index in [1.807, 2.05) is 0 Å². The summed E-state index contributed by atoms with van der Waals surface area (Å²) >= 11 is 0. The van der Waals surface area contributed by atoms with Gasteiger partial charge in [-0.05, 0) is 13.0 Å². The maximum Gasteiger partial charge on any atom is 0.155 e. The summed E-state index contributed by atoms with van der Waals surface area (Å²) < 4.78 is 36.2. The lowest BCUT2D eigenvalue weighted by atomic mass is 10.2. The van der Waals surface area contributed by atoms with E-state index < -0.39 is 33.1 Å². The Hall–Kier alpha value is -1.23. The molecule has 1 aromatic rings. The van der Waals surface area contributed by atoms with Crippen LogP contribution in [-0.4, -0.2) is 20.5 Å². The Bertz CT molecular complexity index is 468. The second kappa shape index (κ2) is 5.21. The Kier molecular flexibility index (Phi) is 4.18. The first-order valence-corrected chi connectivity index (χ1v) is 6.41. The van der Waals surface area contributed by atoms with Gasteiger partial charge < -0.3 is 4.79 Å². The van der Waals surface area contributed by atoms with Gasteiger partial charge in [0.2, 0.25) is 0 Å². The Balaban J connectivity index is 2.81. The molecule has 0 N–H and O–H groups in total. The number of halogens is 1. The molecule has 0 heterocycles. The molecule has 0 amide bonds. The molecule has 0 unspecified atom stereocenters. The summed E-state index contributed by atoms with van der Waals surface area (Å²) in [5.41, 5.74) is 0.0839. The van der Waals surface area contributed by atoms with Gasteiger partial charge in [-0.1, -0.05) is 18.2 Å². The molecule has 0 spiro atoms. The van der Waals surface area contributed by atoms with Crippen LogP contribution >= 0.6 is 0 Å². The van der Waals surface area contributed by atoms with Crippen molar-refractivity contribution in [2.24, 2.45) is 5.92 Å². The fraction of sp³-hybridized carbons (Fsp3) is 0.273. The monoisotopic (exact) mass is 242 g/mol. The highest BCUT2D eigenvalue weighted by Crippen LogP contribution is 2.12. The molecular weight excluding hydrogens is 231 g/mol. The van der Waals surface area contributed by atoms with Crippen LogP contribution in [0.15, 0.2) is 24.3 Å². The molecule has 1 aromatic carbocycles. The lowest BCUT2D eigenvalue weighted by Crippen LogP contribution is -2.17. The summed E-state index contributed by atoms with van der Waals surface area (Å²) in [6.07, 6.45) is 0.360. The van der Waals surface area contributed by atoms with Gasteiger partial charge in [0.25, 0.3) is 0 Å². The van der Waals surface area contributed by atoms with Crippen LogP contribution in [-0.2, 0) is 20.4 Å². The Morgan fingerprint density at radius 2 is 2.00 bits per heavy atom. The smallest absolute Gasteiger partial charge is 0.155 e. The average Bonchev–Trinajstić information content (AvgIpc) is 2.20. The van der Waals surface area contributed by atoms with Crippen molar-refractivity contribution in [1.29, 1.82) is 0 Å². The van der Waals surface area contributed by atoms with Gasteiger partial charge in [-0.2, -0.15) is 0 Å². The predicted molar refractivity (Wildman–Crippen MR) is 57.7 cm³/mol. The predicted octanol–water partition coefficient (Wildman–Crippen LogP) is 1.27. The highest BCUT2D eigenvalue weighted by atomic mass is 32.2. The van der Waals surface area contributed by atoms with Gasteiger partial charge in [-0.3, -0.25) is 0 Å². The molecule has 3 nitrogen and oxygen atoms in total. The maximum atomic E-state index is 13.2. The molecule has 0 aromatic heterocycles. The first-order valence-electron chi connectivity index (χ1n) is 4.59. The van der Waals surface area contributed by atoms with Crippen LogP contribution in [0.1, 0.15) is 5.56 Å². The minimum Gasteiger partial charge on any atom is -0.303 e. The quantitative estimate of drug-likeness (QED) is 0.730. The molecule has 0 aliphatic heterocycles. The SMILES string of the molecule is [CH][C@H](C=O)CS(=O)(=O)Cc1ccccc1F. The topological polar surface area (TPSA) is 51.2 Å². The van der Waals surface area contributed by atoms with Crippen LogP contribution < -0.4 is 0 Å². The van der Waals surface area contributed by atoms with E-state index in [0.717, 1.165) is 0 Å². The van der Waals surface area contributed by atoms with Crippen LogP contribution in [0.5, 0.6) is 0 Å². The number of hydrogen-bond acceptors (Lipinski definition) is 3. The highest BCUT2D eigenvalue weighted by molar-refractivity contribution is 7.90. The van der Waals surface area contributed by atoms with Gasteiger partial charge in [0.1, 0.15) is 12.1 Å². The summed E-state index contributed by atoms with van der Waals surface area (Å²) in [4.78, 5) is 10.2. The number of aldehydes is 1. The van der Waals surface area contributed by atoms with E-state index >= 15 is 0 Å². The van der Waals surface area contributed by atoms with E-state index in [2.05, 4.69) is 0 Å². The fourth-order valence-corrected chi connectivity index (χ4v) is 2.73. The van der Waals surface area contributed by atoms with E-state index in [1.165, 1.54) is 18.2 Å². The maximum absolute atomic E-state index is 13.2. The number of carbonyl (C=O) groups is 1. The third-order valence-electron chi connectivity index (χ3n) is 1.95. The van der Waals surface area contributed by atoms with Crippen LogP contribution in [0.2, 0.25) is 0 Å². The third kappa shape index (κ3) is 3.73. The normalized spacial score (nSPS) is 13.4. The van der Waals surface area contributed by atoms with E-state index in [1.54, 1.807) is 6.07 Å². The average molecular weight is 242 g/mol. The molecule has 16 heavy (non-hydrogen) atoms. The second-order valence-electron chi connectivity index (χ2n) is 3.45. The lowest BCUT2D eigenvalue weighted by molar-refractivity contribution is -0.109. The zero-order chi connectivity index (χ0) is 12.2. The van der Waals surface area contributed by atoms with Gasteiger partial charge in [-0.15, -0.1) is 0 Å².